The van der Waals surface area contributed by atoms with Gasteiger partial charge in [-0.15, -0.1) is 0 Å². The lowest BCUT2D eigenvalue weighted by Gasteiger charge is -2.44. The SMILES string of the molecule is Cc1cc(C)n([C@H](C)CC(=O)N[C@@H]2CC3(CCOCC3)Oc3ccccc32)n1. The Morgan fingerprint density at radius 3 is 2.79 bits per heavy atom. The molecular formula is C22H29N3O3. The number of para-hydroxylation sites is 1. The van der Waals surface area contributed by atoms with Crippen molar-refractivity contribution in [2.75, 3.05) is 13.2 Å². The number of hydrogen-bond acceptors (Lipinski definition) is 4. The monoisotopic (exact) mass is 383 g/mol. The summed E-state index contributed by atoms with van der Waals surface area (Å²) in [5.41, 5.74) is 2.87. The Bertz CT molecular complexity index is 854. The zero-order valence-electron chi connectivity index (χ0n) is 16.9. The molecule has 1 fully saturated rings. The third-order valence-corrected chi connectivity index (χ3v) is 5.88. The molecular weight excluding hydrogens is 354 g/mol. The topological polar surface area (TPSA) is 65.4 Å². The van der Waals surface area contributed by atoms with Crippen molar-refractivity contribution in [2.24, 2.45) is 0 Å². The van der Waals surface area contributed by atoms with Gasteiger partial charge in [-0.05, 0) is 32.9 Å². The second-order valence-electron chi connectivity index (χ2n) is 8.18. The van der Waals surface area contributed by atoms with E-state index in [9.17, 15) is 4.79 Å². The average Bonchev–Trinajstić information content (AvgIpc) is 3.00. The van der Waals surface area contributed by atoms with Gasteiger partial charge < -0.3 is 14.8 Å². The first-order chi connectivity index (χ1) is 13.5. The standard InChI is InChI=1S/C22H29N3O3/c1-15-12-16(2)25(24-15)17(3)13-21(26)23-19-14-22(8-10-27-11-9-22)28-20-7-5-4-6-18(19)20/h4-7,12,17,19H,8-11,13-14H2,1-3H3,(H,23,26)/t17-,19-/m1/s1. The Morgan fingerprint density at radius 1 is 1.32 bits per heavy atom. The molecule has 1 spiro atoms. The molecule has 3 heterocycles. The molecule has 2 aliphatic heterocycles. The van der Waals surface area contributed by atoms with Gasteiger partial charge in [0.1, 0.15) is 11.4 Å². The van der Waals surface area contributed by atoms with Crippen LogP contribution < -0.4 is 10.1 Å². The largest absolute Gasteiger partial charge is 0.487 e. The predicted molar refractivity (Wildman–Crippen MR) is 106 cm³/mol. The summed E-state index contributed by atoms with van der Waals surface area (Å²) in [6.07, 6.45) is 2.90. The van der Waals surface area contributed by atoms with Gasteiger partial charge in [0.05, 0.1) is 31.0 Å². The van der Waals surface area contributed by atoms with E-state index in [0.29, 0.717) is 19.6 Å². The van der Waals surface area contributed by atoms with Crippen LogP contribution in [-0.4, -0.2) is 34.5 Å². The number of benzene rings is 1. The molecule has 1 amide bonds. The molecule has 0 unspecified atom stereocenters. The molecule has 0 bridgehead atoms. The fourth-order valence-electron chi connectivity index (χ4n) is 4.50. The Balaban J connectivity index is 1.49. The van der Waals surface area contributed by atoms with E-state index in [0.717, 1.165) is 42.0 Å². The lowest BCUT2D eigenvalue weighted by atomic mass is 9.82. The van der Waals surface area contributed by atoms with Gasteiger partial charge in [0, 0.05) is 36.9 Å². The van der Waals surface area contributed by atoms with Crippen molar-refractivity contribution in [3.63, 3.8) is 0 Å². The molecule has 1 saturated heterocycles. The number of ether oxygens (including phenoxy) is 2. The second-order valence-corrected chi connectivity index (χ2v) is 8.18. The molecule has 2 aliphatic rings. The molecule has 4 rings (SSSR count). The number of carbonyl (C=O) groups excluding carboxylic acids is 1. The lowest BCUT2D eigenvalue weighted by molar-refractivity contribution is -0.123. The van der Waals surface area contributed by atoms with Crippen LogP contribution in [-0.2, 0) is 9.53 Å². The van der Waals surface area contributed by atoms with Gasteiger partial charge in [0.15, 0.2) is 0 Å². The predicted octanol–water partition coefficient (Wildman–Crippen LogP) is 3.64. The highest BCUT2D eigenvalue weighted by atomic mass is 16.5. The van der Waals surface area contributed by atoms with E-state index in [2.05, 4.69) is 16.5 Å². The van der Waals surface area contributed by atoms with Crippen LogP contribution in [0.3, 0.4) is 0 Å². The summed E-state index contributed by atoms with van der Waals surface area (Å²) < 4.78 is 13.9. The first kappa shape index (κ1) is 19.0. The second kappa shape index (κ2) is 7.59. The van der Waals surface area contributed by atoms with Gasteiger partial charge in [0.2, 0.25) is 5.91 Å². The van der Waals surface area contributed by atoms with E-state index in [1.807, 2.05) is 49.7 Å². The number of amides is 1. The third-order valence-electron chi connectivity index (χ3n) is 5.88. The minimum atomic E-state index is -0.244. The molecule has 0 aliphatic carbocycles. The van der Waals surface area contributed by atoms with Crippen LogP contribution >= 0.6 is 0 Å². The first-order valence-electron chi connectivity index (χ1n) is 10.1. The number of nitrogens with zero attached hydrogens (tertiary/aromatic N) is 2. The number of aromatic nitrogens is 2. The van der Waals surface area contributed by atoms with Gasteiger partial charge >= 0.3 is 0 Å². The van der Waals surface area contributed by atoms with Crippen LogP contribution in [0, 0.1) is 13.8 Å². The Labute approximate surface area is 166 Å². The zero-order valence-corrected chi connectivity index (χ0v) is 16.9. The molecule has 6 heteroatoms. The highest BCUT2D eigenvalue weighted by Gasteiger charge is 2.42. The van der Waals surface area contributed by atoms with Crippen molar-refractivity contribution in [3.05, 3.63) is 47.3 Å². The fourth-order valence-corrected chi connectivity index (χ4v) is 4.50. The molecule has 6 nitrogen and oxygen atoms in total. The first-order valence-corrected chi connectivity index (χ1v) is 10.1. The Morgan fingerprint density at radius 2 is 2.07 bits per heavy atom. The summed E-state index contributed by atoms with van der Waals surface area (Å²) in [4.78, 5) is 12.9. The van der Waals surface area contributed by atoms with Crippen molar-refractivity contribution >= 4 is 5.91 Å². The highest BCUT2D eigenvalue weighted by molar-refractivity contribution is 5.77. The number of aryl methyl sites for hydroxylation is 2. The van der Waals surface area contributed by atoms with Crippen molar-refractivity contribution in [1.29, 1.82) is 0 Å². The molecule has 28 heavy (non-hydrogen) atoms. The Hall–Kier alpha value is -2.34. The number of hydrogen-bond donors (Lipinski definition) is 1. The normalized spacial score (nSPS) is 21.6. The molecule has 1 N–H and O–H groups in total. The zero-order chi connectivity index (χ0) is 19.7. The van der Waals surface area contributed by atoms with Crippen molar-refractivity contribution < 1.29 is 14.3 Å². The molecule has 0 saturated carbocycles. The van der Waals surface area contributed by atoms with E-state index in [1.54, 1.807) is 0 Å². The van der Waals surface area contributed by atoms with Crippen LogP contribution in [0.2, 0.25) is 0 Å². The summed E-state index contributed by atoms with van der Waals surface area (Å²) in [7, 11) is 0. The summed E-state index contributed by atoms with van der Waals surface area (Å²) in [6, 6.07) is 10.1. The molecule has 1 aromatic heterocycles. The quantitative estimate of drug-likeness (QED) is 0.875. The summed E-state index contributed by atoms with van der Waals surface area (Å²) in [6.45, 7) is 7.45. The van der Waals surface area contributed by atoms with E-state index < -0.39 is 0 Å². The maximum atomic E-state index is 12.9. The number of rotatable bonds is 4. The molecule has 1 aromatic carbocycles. The van der Waals surface area contributed by atoms with Crippen molar-refractivity contribution in [1.82, 2.24) is 15.1 Å². The molecule has 150 valence electrons. The van der Waals surface area contributed by atoms with Gasteiger partial charge in [0.25, 0.3) is 0 Å². The number of nitrogens with one attached hydrogen (secondary N) is 1. The summed E-state index contributed by atoms with van der Waals surface area (Å²) in [5.74, 6) is 0.927. The number of fused-ring (bicyclic) bond motifs is 1. The van der Waals surface area contributed by atoms with Crippen molar-refractivity contribution in [3.8, 4) is 5.75 Å². The highest BCUT2D eigenvalue weighted by Crippen LogP contribution is 2.43. The minimum absolute atomic E-state index is 0.0147. The average molecular weight is 383 g/mol. The third kappa shape index (κ3) is 3.78. The van der Waals surface area contributed by atoms with Gasteiger partial charge in [-0.1, -0.05) is 18.2 Å². The summed E-state index contributed by atoms with van der Waals surface area (Å²) in [5, 5.41) is 7.79. The van der Waals surface area contributed by atoms with E-state index in [1.165, 1.54) is 0 Å². The smallest absolute Gasteiger partial charge is 0.222 e. The molecule has 0 radical (unpaired) electrons. The van der Waals surface area contributed by atoms with Crippen LogP contribution in [0.15, 0.2) is 30.3 Å². The Kier molecular flexibility index (Phi) is 5.15. The van der Waals surface area contributed by atoms with Gasteiger partial charge in [-0.2, -0.15) is 5.10 Å². The maximum absolute atomic E-state index is 12.9. The molecule has 2 aromatic rings. The van der Waals surface area contributed by atoms with Gasteiger partial charge in [-0.3, -0.25) is 9.48 Å². The van der Waals surface area contributed by atoms with Crippen LogP contribution in [0.25, 0.3) is 0 Å². The van der Waals surface area contributed by atoms with Crippen LogP contribution in [0.1, 0.15) is 61.6 Å². The van der Waals surface area contributed by atoms with E-state index in [-0.39, 0.29) is 23.6 Å². The van der Waals surface area contributed by atoms with Crippen LogP contribution in [0.5, 0.6) is 5.75 Å². The van der Waals surface area contributed by atoms with E-state index in [4.69, 9.17) is 9.47 Å². The van der Waals surface area contributed by atoms with Crippen LogP contribution in [0.4, 0.5) is 0 Å². The molecule has 2 atom stereocenters. The number of carbonyl (C=O) groups is 1. The minimum Gasteiger partial charge on any atom is -0.487 e. The maximum Gasteiger partial charge on any atom is 0.222 e. The van der Waals surface area contributed by atoms with Gasteiger partial charge in [-0.25, -0.2) is 0 Å². The lowest BCUT2D eigenvalue weighted by Crippen LogP contribution is -2.48. The van der Waals surface area contributed by atoms with Crippen molar-refractivity contribution in [2.45, 2.75) is 64.1 Å². The summed E-state index contributed by atoms with van der Waals surface area (Å²) >= 11 is 0. The van der Waals surface area contributed by atoms with E-state index >= 15 is 0 Å². The fraction of sp³-hybridized carbons (Fsp3) is 0.545.